The minimum Gasteiger partial charge on any atom is -0.476 e. The van der Waals surface area contributed by atoms with E-state index in [1.165, 1.54) is 0 Å². The monoisotopic (exact) mass is 238 g/mol. The molecule has 0 aromatic carbocycles. The highest BCUT2D eigenvalue weighted by molar-refractivity contribution is 7.07. The largest absolute Gasteiger partial charge is 0.476 e. The highest BCUT2D eigenvalue weighted by atomic mass is 32.1. The lowest BCUT2D eigenvalue weighted by Crippen LogP contribution is -2.06. The predicted octanol–water partition coefficient (Wildman–Crippen LogP) is 2.61. The van der Waals surface area contributed by atoms with E-state index in [9.17, 15) is 4.79 Å². The fourth-order valence-electron chi connectivity index (χ4n) is 1.23. The van der Waals surface area contributed by atoms with Gasteiger partial charge in [0.15, 0.2) is 5.69 Å². The summed E-state index contributed by atoms with van der Waals surface area (Å²) >= 11 is 1.60. The van der Waals surface area contributed by atoms with Gasteiger partial charge in [-0.25, -0.2) is 4.79 Å². The molecule has 0 bridgehead atoms. The first-order valence-corrected chi connectivity index (χ1v) is 5.58. The SMILES string of the molecule is CC(Nc1nc(C(=O)O)co1)c1ccsc1. The van der Waals surface area contributed by atoms with Crippen LogP contribution in [0.3, 0.4) is 0 Å². The molecule has 0 aliphatic carbocycles. The van der Waals surface area contributed by atoms with Gasteiger partial charge < -0.3 is 14.8 Å². The molecule has 0 saturated heterocycles. The predicted molar refractivity (Wildman–Crippen MR) is 59.8 cm³/mol. The molecule has 0 aliphatic heterocycles. The highest BCUT2D eigenvalue weighted by Gasteiger charge is 2.13. The third-order valence-corrected chi connectivity index (χ3v) is 2.81. The lowest BCUT2D eigenvalue weighted by Gasteiger charge is -2.09. The van der Waals surface area contributed by atoms with Gasteiger partial charge in [-0.05, 0) is 29.3 Å². The van der Waals surface area contributed by atoms with Crippen molar-refractivity contribution in [2.24, 2.45) is 0 Å². The van der Waals surface area contributed by atoms with Crippen molar-refractivity contribution in [2.45, 2.75) is 13.0 Å². The van der Waals surface area contributed by atoms with Gasteiger partial charge in [0.05, 0.1) is 6.04 Å². The minimum atomic E-state index is -1.10. The van der Waals surface area contributed by atoms with Crippen LogP contribution in [0.15, 0.2) is 27.5 Å². The molecule has 2 aromatic rings. The van der Waals surface area contributed by atoms with Crippen molar-refractivity contribution >= 4 is 23.3 Å². The number of hydrogen-bond acceptors (Lipinski definition) is 5. The van der Waals surface area contributed by atoms with Gasteiger partial charge in [-0.15, -0.1) is 0 Å². The van der Waals surface area contributed by atoms with Crippen molar-refractivity contribution in [3.63, 3.8) is 0 Å². The van der Waals surface area contributed by atoms with Crippen LogP contribution in [0.2, 0.25) is 0 Å². The van der Waals surface area contributed by atoms with Gasteiger partial charge in [-0.1, -0.05) is 0 Å². The number of aromatic nitrogens is 1. The van der Waals surface area contributed by atoms with Gasteiger partial charge in [0.25, 0.3) is 6.01 Å². The second kappa shape index (κ2) is 4.36. The van der Waals surface area contributed by atoms with E-state index in [0.29, 0.717) is 0 Å². The van der Waals surface area contributed by atoms with Crippen LogP contribution >= 0.6 is 11.3 Å². The van der Waals surface area contributed by atoms with Crippen molar-refractivity contribution in [3.8, 4) is 0 Å². The first-order valence-electron chi connectivity index (χ1n) is 4.64. The summed E-state index contributed by atoms with van der Waals surface area (Å²) < 4.78 is 4.99. The van der Waals surface area contributed by atoms with Gasteiger partial charge >= 0.3 is 5.97 Å². The molecule has 1 atom stereocenters. The lowest BCUT2D eigenvalue weighted by molar-refractivity contribution is 0.0690. The Labute approximate surface area is 95.7 Å². The van der Waals surface area contributed by atoms with E-state index in [-0.39, 0.29) is 17.8 Å². The summed E-state index contributed by atoms with van der Waals surface area (Å²) in [7, 11) is 0. The van der Waals surface area contributed by atoms with E-state index in [1.807, 2.05) is 23.8 Å². The van der Waals surface area contributed by atoms with E-state index >= 15 is 0 Å². The van der Waals surface area contributed by atoms with Crippen molar-refractivity contribution < 1.29 is 14.3 Å². The van der Waals surface area contributed by atoms with Crippen molar-refractivity contribution in [1.29, 1.82) is 0 Å². The molecular formula is C10H10N2O3S. The standard InChI is InChI=1S/C10H10N2O3S/c1-6(7-2-3-16-5-7)11-10-12-8(4-15-10)9(13)14/h2-6H,1H3,(H,11,12)(H,13,14). The normalized spacial score (nSPS) is 12.3. The van der Waals surface area contributed by atoms with E-state index < -0.39 is 5.97 Å². The van der Waals surface area contributed by atoms with Crippen LogP contribution in [0.4, 0.5) is 6.01 Å². The van der Waals surface area contributed by atoms with Gasteiger partial charge in [0, 0.05) is 0 Å². The number of carbonyl (C=O) groups is 1. The zero-order valence-corrected chi connectivity index (χ0v) is 9.32. The zero-order valence-electron chi connectivity index (χ0n) is 8.51. The number of carboxylic acid groups (broad SMARTS) is 1. The third kappa shape index (κ3) is 2.22. The highest BCUT2D eigenvalue weighted by Crippen LogP contribution is 2.20. The number of hydrogen-bond donors (Lipinski definition) is 2. The number of rotatable bonds is 4. The number of carboxylic acids is 1. The van der Waals surface area contributed by atoms with Crippen molar-refractivity contribution in [1.82, 2.24) is 4.98 Å². The molecule has 5 nitrogen and oxygen atoms in total. The molecule has 0 aliphatic rings. The summed E-state index contributed by atoms with van der Waals surface area (Å²) in [6, 6.07) is 2.24. The minimum absolute atomic E-state index is 0.0338. The maximum absolute atomic E-state index is 10.6. The van der Waals surface area contributed by atoms with Crippen LogP contribution in [-0.2, 0) is 0 Å². The summed E-state index contributed by atoms with van der Waals surface area (Å²) in [5.41, 5.74) is 1.01. The molecule has 2 aromatic heterocycles. The van der Waals surface area contributed by atoms with Crippen LogP contribution in [0.5, 0.6) is 0 Å². The molecule has 2 rings (SSSR count). The van der Waals surface area contributed by atoms with E-state index in [0.717, 1.165) is 11.8 Å². The Morgan fingerprint density at radius 2 is 2.50 bits per heavy atom. The number of oxazole rings is 1. The average molecular weight is 238 g/mol. The Morgan fingerprint density at radius 3 is 3.06 bits per heavy atom. The summed E-state index contributed by atoms with van der Waals surface area (Å²) in [6.07, 6.45) is 1.12. The van der Waals surface area contributed by atoms with Gasteiger partial charge in [0.1, 0.15) is 6.26 Å². The van der Waals surface area contributed by atoms with Gasteiger partial charge in [-0.2, -0.15) is 16.3 Å². The van der Waals surface area contributed by atoms with Crippen LogP contribution in [0, 0.1) is 0 Å². The first kappa shape index (κ1) is 10.7. The van der Waals surface area contributed by atoms with Crippen molar-refractivity contribution in [3.05, 3.63) is 34.3 Å². The topological polar surface area (TPSA) is 75.4 Å². The Morgan fingerprint density at radius 1 is 1.69 bits per heavy atom. The van der Waals surface area contributed by atoms with Crippen molar-refractivity contribution in [2.75, 3.05) is 5.32 Å². The average Bonchev–Trinajstić information content (AvgIpc) is 2.87. The summed E-state index contributed by atoms with van der Waals surface area (Å²) in [5, 5.41) is 15.6. The molecule has 1 unspecified atom stereocenters. The Kier molecular flexibility index (Phi) is 2.91. The third-order valence-electron chi connectivity index (χ3n) is 2.11. The van der Waals surface area contributed by atoms with E-state index in [4.69, 9.17) is 9.52 Å². The van der Waals surface area contributed by atoms with Crippen LogP contribution in [0.1, 0.15) is 29.0 Å². The second-order valence-corrected chi connectivity index (χ2v) is 4.05. The van der Waals surface area contributed by atoms with Crippen LogP contribution in [0.25, 0.3) is 0 Å². The molecule has 2 N–H and O–H groups in total. The lowest BCUT2D eigenvalue weighted by atomic mass is 10.2. The summed E-state index contributed by atoms with van der Waals surface area (Å²) in [5.74, 6) is -1.10. The number of nitrogens with one attached hydrogen (secondary N) is 1. The molecule has 0 spiro atoms. The quantitative estimate of drug-likeness (QED) is 0.856. The van der Waals surface area contributed by atoms with Gasteiger partial charge in [0.2, 0.25) is 0 Å². The van der Waals surface area contributed by atoms with E-state index in [2.05, 4.69) is 10.3 Å². The second-order valence-electron chi connectivity index (χ2n) is 3.27. The number of thiophene rings is 1. The maximum atomic E-state index is 10.6. The fourth-order valence-corrected chi connectivity index (χ4v) is 1.98. The molecule has 0 amide bonds. The van der Waals surface area contributed by atoms with Crippen LogP contribution < -0.4 is 5.32 Å². The van der Waals surface area contributed by atoms with Gasteiger partial charge in [-0.3, -0.25) is 0 Å². The number of aromatic carboxylic acids is 1. The molecule has 84 valence electrons. The molecule has 6 heteroatoms. The maximum Gasteiger partial charge on any atom is 0.357 e. The summed E-state index contributed by atoms with van der Waals surface area (Å²) in [6.45, 7) is 1.95. The molecule has 0 saturated carbocycles. The Hall–Kier alpha value is -1.82. The summed E-state index contributed by atoms with van der Waals surface area (Å²) in [4.78, 5) is 14.4. The number of anilines is 1. The Balaban J connectivity index is 2.06. The smallest absolute Gasteiger partial charge is 0.357 e. The zero-order chi connectivity index (χ0) is 11.5. The molecule has 16 heavy (non-hydrogen) atoms. The molecule has 0 fully saturated rings. The fraction of sp³-hybridized carbons (Fsp3) is 0.200. The molecule has 2 heterocycles. The van der Waals surface area contributed by atoms with E-state index in [1.54, 1.807) is 11.3 Å². The molecular weight excluding hydrogens is 228 g/mol. The van der Waals surface area contributed by atoms with Crippen LogP contribution in [-0.4, -0.2) is 16.1 Å². The Bertz CT molecular complexity index is 478. The molecule has 0 radical (unpaired) electrons. The number of nitrogens with zero attached hydrogens (tertiary/aromatic N) is 1. The first-order chi connectivity index (χ1) is 7.66.